The van der Waals surface area contributed by atoms with Gasteiger partial charge < -0.3 is 4.74 Å². The van der Waals surface area contributed by atoms with Gasteiger partial charge in [-0.15, -0.1) is 0 Å². The van der Waals surface area contributed by atoms with Crippen LogP contribution in [-0.2, 0) is 19.4 Å². The van der Waals surface area contributed by atoms with Crippen LogP contribution in [0.2, 0.25) is 0 Å². The zero-order valence-electron chi connectivity index (χ0n) is 12.8. The first-order valence-electron chi connectivity index (χ1n) is 7.14. The van der Waals surface area contributed by atoms with Crippen LogP contribution in [0.3, 0.4) is 0 Å². The molecule has 0 aromatic heterocycles. The Morgan fingerprint density at radius 1 is 0.957 bits per heavy atom. The standard InChI is InChI=1S/C18H16O4S/c1-12-3-5-14(6-4-12)17-16(11-22-18(17)19)13-7-9-15(10-8-13)23(2,20)21/h3-11,17H,1-2H3. The smallest absolute Gasteiger partial charge is 0.322 e. The highest BCUT2D eigenvalue weighted by molar-refractivity contribution is 7.90. The lowest BCUT2D eigenvalue weighted by Crippen LogP contribution is -2.09. The number of benzene rings is 2. The average Bonchev–Trinajstić information content (AvgIpc) is 2.89. The lowest BCUT2D eigenvalue weighted by Gasteiger charge is -2.12. The molecule has 0 fully saturated rings. The molecule has 2 aromatic carbocycles. The molecule has 0 radical (unpaired) electrons. The summed E-state index contributed by atoms with van der Waals surface area (Å²) in [5.74, 6) is -0.810. The zero-order valence-corrected chi connectivity index (χ0v) is 13.6. The Balaban J connectivity index is 1.98. The summed E-state index contributed by atoms with van der Waals surface area (Å²) < 4.78 is 28.2. The number of sulfone groups is 1. The Kier molecular flexibility index (Phi) is 3.82. The molecule has 0 saturated carbocycles. The van der Waals surface area contributed by atoms with Crippen LogP contribution in [0, 0.1) is 6.92 Å². The van der Waals surface area contributed by atoms with Crippen LogP contribution in [0.1, 0.15) is 22.6 Å². The number of ether oxygens (including phenoxy) is 1. The molecule has 1 unspecified atom stereocenters. The lowest BCUT2D eigenvalue weighted by atomic mass is 9.88. The van der Waals surface area contributed by atoms with E-state index < -0.39 is 15.8 Å². The van der Waals surface area contributed by atoms with Gasteiger partial charge in [-0.2, -0.15) is 0 Å². The number of hydrogen-bond acceptors (Lipinski definition) is 4. The summed E-state index contributed by atoms with van der Waals surface area (Å²) in [6.45, 7) is 1.98. The second-order valence-electron chi connectivity index (χ2n) is 5.65. The van der Waals surface area contributed by atoms with Crippen molar-refractivity contribution in [2.24, 2.45) is 0 Å². The quantitative estimate of drug-likeness (QED) is 0.813. The molecule has 1 aliphatic rings. The average molecular weight is 328 g/mol. The van der Waals surface area contributed by atoms with Gasteiger partial charge in [0.05, 0.1) is 11.2 Å². The molecule has 0 amide bonds. The summed E-state index contributed by atoms with van der Waals surface area (Å²) in [4.78, 5) is 12.3. The lowest BCUT2D eigenvalue weighted by molar-refractivity contribution is -0.136. The predicted molar refractivity (Wildman–Crippen MR) is 87.5 cm³/mol. The first-order chi connectivity index (χ1) is 10.9. The molecule has 3 rings (SSSR count). The molecule has 1 heterocycles. The van der Waals surface area contributed by atoms with E-state index in [1.807, 2.05) is 31.2 Å². The van der Waals surface area contributed by atoms with Gasteiger partial charge in [-0.1, -0.05) is 42.0 Å². The molecule has 4 nitrogen and oxygen atoms in total. The second kappa shape index (κ2) is 5.66. The summed E-state index contributed by atoms with van der Waals surface area (Å²) in [6, 6.07) is 14.2. The SMILES string of the molecule is Cc1ccc(C2C(=O)OC=C2c2ccc(S(C)(=O)=O)cc2)cc1. The fourth-order valence-electron chi connectivity index (χ4n) is 2.59. The van der Waals surface area contributed by atoms with Crippen molar-refractivity contribution in [3.05, 3.63) is 71.5 Å². The topological polar surface area (TPSA) is 60.4 Å². The van der Waals surface area contributed by atoms with Gasteiger partial charge >= 0.3 is 5.97 Å². The third-order valence-corrected chi connectivity index (χ3v) is 5.00. The zero-order chi connectivity index (χ0) is 16.6. The summed E-state index contributed by atoms with van der Waals surface area (Å²) in [6.07, 6.45) is 2.61. The molecule has 0 spiro atoms. The number of esters is 1. The fraction of sp³-hybridized carbons (Fsp3) is 0.167. The highest BCUT2D eigenvalue weighted by Crippen LogP contribution is 2.38. The van der Waals surface area contributed by atoms with E-state index in [4.69, 9.17) is 4.74 Å². The predicted octanol–water partition coefficient (Wildman–Crippen LogP) is 3.08. The molecule has 5 heteroatoms. The largest absolute Gasteiger partial charge is 0.433 e. The van der Waals surface area contributed by atoms with Gasteiger partial charge in [0.15, 0.2) is 9.84 Å². The van der Waals surface area contributed by atoms with E-state index in [1.54, 1.807) is 24.3 Å². The Bertz CT molecular complexity index is 876. The van der Waals surface area contributed by atoms with E-state index in [-0.39, 0.29) is 10.9 Å². The van der Waals surface area contributed by atoms with E-state index in [0.717, 1.165) is 22.3 Å². The normalized spacial score (nSPS) is 17.7. The van der Waals surface area contributed by atoms with Gasteiger partial charge in [-0.3, -0.25) is 4.79 Å². The van der Waals surface area contributed by atoms with E-state index in [9.17, 15) is 13.2 Å². The number of cyclic esters (lactones) is 1. The summed E-state index contributed by atoms with van der Waals surface area (Å²) in [5, 5.41) is 0. The third kappa shape index (κ3) is 3.05. The summed E-state index contributed by atoms with van der Waals surface area (Å²) in [7, 11) is -3.24. The molecule has 0 bridgehead atoms. The number of aryl methyl sites for hydroxylation is 1. The van der Waals surface area contributed by atoms with E-state index in [1.165, 1.54) is 12.5 Å². The molecule has 1 aliphatic heterocycles. The van der Waals surface area contributed by atoms with Crippen LogP contribution >= 0.6 is 0 Å². The Morgan fingerprint density at radius 3 is 2.13 bits per heavy atom. The van der Waals surface area contributed by atoms with Crippen LogP contribution in [0.25, 0.3) is 5.57 Å². The highest BCUT2D eigenvalue weighted by atomic mass is 32.2. The Morgan fingerprint density at radius 2 is 1.57 bits per heavy atom. The van der Waals surface area contributed by atoms with Gasteiger partial charge in [0.2, 0.25) is 0 Å². The van der Waals surface area contributed by atoms with Crippen molar-refractivity contribution >= 4 is 21.4 Å². The minimum Gasteiger partial charge on any atom is -0.433 e. The maximum atomic E-state index is 12.1. The van der Waals surface area contributed by atoms with Crippen molar-refractivity contribution in [2.45, 2.75) is 17.7 Å². The van der Waals surface area contributed by atoms with Crippen molar-refractivity contribution in [3.8, 4) is 0 Å². The Hall–Kier alpha value is -2.40. The van der Waals surface area contributed by atoms with Crippen LogP contribution in [0.5, 0.6) is 0 Å². The maximum absolute atomic E-state index is 12.1. The first kappa shape index (κ1) is 15.5. The Labute approximate surface area is 135 Å². The van der Waals surface area contributed by atoms with Crippen molar-refractivity contribution in [2.75, 3.05) is 6.26 Å². The van der Waals surface area contributed by atoms with E-state index in [0.29, 0.717) is 0 Å². The summed E-state index contributed by atoms with van der Waals surface area (Å²) >= 11 is 0. The van der Waals surface area contributed by atoms with Gasteiger partial charge in [-0.25, -0.2) is 8.42 Å². The van der Waals surface area contributed by atoms with Crippen molar-refractivity contribution in [1.29, 1.82) is 0 Å². The van der Waals surface area contributed by atoms with Crippen LogP contribution < -0.4 is 0 Å². The fourth-order valence-corrected chi connectivity index (χ4v) is 3.22. The van der Waals surface area contributed by atoms with E-state index >= 15 is 0 Å². The first-order valence-corrected chi connectivity index (χ1v) is 9.03. The number of carbonyl (C=O) groups excluding carboxylic acids is 1. The maximum Gasteiger partial charge on any atom is 0.322 e. The van der Waals surface area contributed by atoms with Crippen LogP contribution in [-0.4, -0.2) is 20.6 Å². The molecular formula is C18H16O4S. The summed E-state index contributed by atoms with van der Waals surface area (Å²) in [5.41, 5.74) is 3.48. The highest BCUT2D eigenvalue weighted by Gasteiger charge is 2.32. The van der Waals surface area contributed by atoms with Gasteiger partial charge in [-0.05, 0) is 30.2 Å². The molecule has 118 valence electrons. The molecule has 23 heavy (non-hydrogen) atoms. The van der Waals surface area contributed by atoms with E-state index in [2.05, 4.69) is 0 Å². The molecule has 2 aromatic rings. The molecular weight excluding hydrogens is 312 g/mol. The van der Waals surface area contributed by atoms with Crippen molar-refractivity contribution < 1.29 is 17.9 Å². The molecule has 0 aliphatic carbocycles. The second-order valence-corrected chi connectivity index (χ2v) is 7.67. The third-order valence-electron chi connectivity index (χ3n) is 3.88. The molecule has 0 saturated heterocycles. The monoisotopic (exact) mass is 328 g/mol. The molecule has 1 atom stereocenters. The van der Waals surface area contributed by atoms with Gasteiger partial charge in [0.1, 0.15) is 5.92 Å². The van der Waals surface area contributed by atoms with Crippen molar-refractivity contribution in [3.63, 3.8) is 0 Å². The van der Waals surface area contributed by atoms with Gasteiger partial charge in [0.25, 0.3) is 0 Å². The molecule has 0 N–H and O–H groups in total. The van der Waals surface area contributed by atoms with Gasteiger partial charge in [0, 0.05) is 11.8 Å². The number of hydrogen-bond donors (Lipinski definition) is 0. The van der Waals surface area contributed by atoms with Crippen molar-refractivity contribution in [1.82, 2.24) is 0 Å². The van der Waals surface area contributed by atoms with Crippen LogP contribution in [0.4, 0.5) is 0 Å². The number of carbonyl (C=O) groups is 1. The minimum atomic E-state index is -3.24. The van der Waals surface area contributed by atoms with Crippen LogP contribution in [0.15, 0.2) is 59.7 Å². The minimum absolute atomic E-state index is 0.249. The number of rotatable bonds is 3.